The monoisotopic (exact) mass is 890 g/mol. The lowest BCUT2D eigenvalue weighted by molar-refractivity contribution is -0.128. The van der Waals surface area contributed by atoms with Crippen LogP contribution in [0.25, 0.3) is 12.2 Å². The largest absolute Gasteiger partial charge is 0.493 e. The number of carbonyl (C=O) groups is 2. The van der Waals surface area contributed by atoms with E-state index in [1.807, 2.05) is 125 Å². The summed E-state index contributed by atoms with van der Waals surface area (Å²) in [5.41, 5.74) is 19.5. The second-order valence-corrected chi connectivity index (χ2v) is 17.6. The molecule has 0 bridgehead atoms. The van der Waals surface area contributed by atoms with E-state index in [1.165, 1.54) is 11.1 Å². The Morgan fingerprint density at radius 1 is 0.591 bits per heavy atom. The molecule has 0 saturated carbocycles. The molecular weight excluding hydrogens is 829 g/mol. The lowest BCUT2D eigenvalue weighted by Gasteiger charge is -2.38. The molecule has 4 aliphatic rings. The molecule has 11 heteroatoms. The second-order valence-electron chi connectivity index (χ2n) is 17.6. The zero-order valence-electron chi connectivity index (χ0n) is 38.0. The summed E-state index contributed by atoms with van der Waals surface area (Å²) < 4.78 is 28.6. The maximum atomic E-state index is 12.8. The van der Waals surface area contributed by atoms with Crippen molar-refractivity contribution in [3.8, 4) is 23.0 Å². The highest BCUT2D eigenvalue weighted by Gasteiger charge is 2.45. The zero-order chi connectivity index (χ0) is 45.8. The van der Waals surface area contributed by atoms with Gasteiger partial charge in [0.05, 0.1) is 19.8 Å². The van der Waals surface area contributed by atoms with Crippen LogP contribution < -0.4 is 30.4 Å². The van der Waals surface area contributed by atoms with E-state index in [9.17, 15) is 9.59 Å². The third kappa shape index (κ3) is 11.2. The number of carbonyl (C=O) groups excluding carboxylic acids is 2. The predicted octanol–water partition coefficient (Wildman–Crippen LogP) is 8.22. The Morgan fingerprint density at radius 3 is 1.70 bits per heavy atom. The Kier molecular flexibility index (Phi) is 15.2. The van der Waals surface area contributed by atoms with Crippen LogP contribution in [0, 0.1) is 0 Å². The summed E-state index contributed by atoms with van der Waals surface area (Å²) >= 11 is 0. The van der Waals surface area contributed by atoms with Crippen molar-refractivity contribution in [3.63, 3.8) is 0 Å². The molecular formula is C55H62N4O7. The molecule has 5 aromatic carbocycles. The first-order valence-corrected chi connectivity index (χ1v) is 23.1. The highest BCUT2D eigenvalue weighted by molar-refractivity contribution is 5.92. The number of fused-ring (bicyclic) bond motifs is 4. The first-order valence-electron chi connectivity index (χ1n) is 23.1. The van der Waals surface area contributed by atoms with Crippen molar-refractivity contribution < 1.29 is 33.3 Å². The minimum atomic E-state index is -0.00447. The molecule has 66 heavy (non-hydrogen) atoms. The number of nitrogens with zero attached hydrogens (tertiary/aromatic N) is 2. The van der Waals surface area contributed by atoms with Crippen LogP contribution in [0.2, 0.25) is 0 Å². The average molecular weight is 891 g/mol. The lowest BCUT2D eigenvalue weighted by atomic mass is 9.74. The van der Waals surface area contributed by atoms with Crippen LogP contribution in [0.3, 0.4) is 0 Å². The number of piperidine rings is 2. The van der Waals surface area contributed by atoms with Crippen molar-refractivity contribution >= 4 is 24.0 Å². The fraction of sp³-hybridized carbons (Fsp3) is 0.345. The zero-order valence-corrected chi connectivity index (χ0v) is 38.0. The van der Waals surface area contributed by atoms with Gasteiger partial charge in [0, 0.05) is 93.5 Å². The number of benzene rings is 5. The molecule has 11 nitrogen and oxygen atoms in total. The van der Waals surface area contributed by atoms with Crippen molar-refractivity contribution in [1.82, 2.24) is 9.80 Å². The summed E-state index contributed by atoms with van der Waals surface area (Å²) in [6.07, 6.45) is 11.5. The third-order valence-electron chi connectivity index (χ3n) is 13.4. The standard InChI is InChI=1S/C29H30N2O3.C26H32N2O4/c30-19-24-8-12-27-26(18-24)29(21-34-27)14-16-31(17-15-29)28(32)13-9-22-6-10-25(11-7-22)33-20-23-4-2-1-3-5-23;1-30-14-3-15-31-22-5-2-4-20(16-22)7-9-25(29)28-12-10-26(11-13-28)19-32-24-8-6-21(18-27)17-23(24)26/h1-13,18H,14-17,19-21,30H2;2,4-9,16-17H,3,10-15,18-19,27H2,1H3/b13-9+;9-7+. The van der Waals surface area contributed by atoms with Crippen LogP contribution in [0.1, 0.15) is 71.0 Å². The maximum Gasteiger partial charge on any atom is 0.246 e. The average Bonchev–Trinajstić information content (AvgIpc) is 3.90. The molecule has 0 atom stereocenters. The summed E-state index contributed by atoms with van der Waals surface area (Å²) in [6.45, 7) is 7.15. The number of ether oxygens (including phenoxy) is 5. The first-order chi connectivity index (χ1) is 32.3. The molecule has 0 aromatic heterocycles. The molecule has 2 fully saturated rings. The SMILES string of the molecule is COCCCOc1cccc(/C=C/C(=O)N2CCC3(CC2)COc2ccc(CN)cc23)c1.NCc1ccc2c(c1)C1(CCN(C(=O)/C=C/c3ccc(OCc4ccccc4)cc3)CC1)CO2. The van der Waals surface area contributed by atoms with E-state index in [-0.39, 0.29) is 22.6 Å². The Balaban J connectivity index is 0.000000180. The van der Waals surface area contributed by atoms with Crippen LogP contribution in [0.4, 0.5) is 0 Å². The first kappa shape index (κ1) is 46.1. The smallest absolute Gasteiger partial charge is 0.246 e. The maximum absolute atomic E-state index is 12.8. The van der Waals surface area contributed by atoms with Gasteiger partial charge in [0.1, 0.15) is 29.6 Å². The van der Waals surface area contributed by atoms with Crippen molar-refractivity contribution in [3.05, 3.63) is 166 Å². The second kappa shape index (κ2) is 21.7. The van der Waals surface area contributed by atoms with E-state index in [0.29, 0.717) is 46.1 Å². The molecule has 2 spiro atoms. The van der Waals surface area contributed by atoms with Gasteiger partial charge in [-0.05, 0) is 102 Å². The number of hydrogen-bond acceptors (Lipinski definition) is 9. The number of likely N-dealkylation sites (tertiary alicyclic amines) is 2. The molecule has 344 valence electrons. The van der Waals surface area contributed by atoms with E-state index in [4.69, 9.17) is 35.2 Å². The van der Waals surface area contributed by atoms with Crippen molar-refractivity contribution in [2.75, 3.05) is 59.7 Å². The normalized spacial score (nSPS) is 16.7. The number of amides is 2. The topological polar surface area (TPSA) is 139 Å². The van der Waals surface area contributed by atoms with Crippen LogP contribution in [0.15, 0.2) is 127 Å². The van der Waals surface area contributed by atoms with Gasteiger partial charge in [0.25, 0.3) is 0 Å². The van der Waals surface area contributed by atoms with Crippen LogP contribution in [-0.4, -0.2) is 81.3 Å². The van der Waals surface area contributed by atoms with Gasteiger partial charge in [-0.15, -0.1) is 0 Å². The molecule has 0 radical (unpaired) electrons. The molecule has 4 aliphatic heterocycles. The molecule has 4 N–H and O–H groups in total. The number of rotatable bonds is 14. The predicted molar refractivity (Wildman–Crippen MR) is 258 cm³/mol. The molecule has 0 unspecified atom stereocenters. The van der Waals surface area contributed by atoms with E-state index in [0.717, 1.165) is 109 Å². The summed E-state index contributed by atoms with van der Waals surface area (Å²) in [5, 5.41) is 0. The number of nitrogens with two attached hydrogens (primary N) is 2. The van der Waals surface area contributed by atoms with Gasteiger partial charge < -0.3 is 45.0 Å². The quantitative estimate of drug-likeness (QED) is 0.0835. The molecule has 0 aliphatic carbocycles. The fourth-order valence-electron chi connectivity index (χ4n) is 9.28. The number of hydrogen-bond donors (Lipinski definition) is 2. The molecule has 4 heterocycles. The fourth-order valence-corrected chi connectivity index (χ4v) is 9.28. The minimum Gasteiger partial charge on any atom is -0.493 e. The summed E-state index contributed by atoms with van der Waals surface area (Å²) in [7, 11) is 1.68. The minimum absolute atomic E-state index is 0.00338. The van der Waals surface area contributed by atoms with E-state index >= 15 is 0 Å². The van der Waals surface area contributed by atoms with Crippen LogP contribution in [-0.2, 0) is 44.9 Å². The molecule has 2 amide bonds. The highest BCUT2D eigenvalue weighted by Crippen LogP contribution is 2.47. The van der Waals surface area contributed by atoms with Gasteiger partial charge in [-0.2, -0.15) is 0 Å². The Hall–Kier alpha value is -6.40. The Labute approximate surface area is 388 Å². The van der Waals surface area contributed by atoms with E-state index < -0.39 is 0 Å². The Bertz CT molecular complexity index is 2470. The number of methoxy groups -OCH3 is 1. The van der Waals surface area contributed by atoms with Crippen molar-refractivity contribution in [1.29, 1.82) is 0 Å². The van der Waals surface area contributed by atoms with E-state index in [1.54, 1.807) is 19.3 Å². The Morgan fingerprint density at radius 2 is 1.15 bits per heavy atom. The molecule has 5 aromatic rings. The van der Waals surface area contributed by atoms with Gasteiger partial charge in [-0.1, -0.05) is 78.9 Å². The van der Waals surface area contributed by atoms with Gasteiger partial charge in [-0.25, -0.2) is 0 Å². The molecule has 2 saturated heterocycles. The highest BCUT2D eigenvalue weighted by atomic mass is 16.5. The van der Waals surface area contributed by atoms with E-state index in [2.05, 4.69) is 12.1 Å². The van der Waals surface area contributed by atoms with Gasteiger partial charge in [-0.3, -0.25) is 9.59 Å². The summed E-state index contributed by atoms with van der Waals surface area (Å²) in [5.74, 6) is 3.63. The third-order valence-corrected chi connectivity index (χ3v) is 13.4. The van der Waals surface area contributed by atoms with Crippen molar-refractivity contribution in [2.45, 2.75) is 62.6 Å². The van der Waals surface area contributed by atoms with Crippen LogP contribution >= 0.6 is 0 Å². The van der Waals surface area contributed by atoms with Gasteiger partial charge in [0.15, 0.2) is 0 Å². The summed E-state index contributed by atoms with van der Waals surface area (Å²) in [4.78, 5) is 29.5. The molecule has 9 rings (SSSR count). The van der Waals surface area contributed by atoms with Crippen LogP contribution in [0.5, 0.6) is 23.0 Å². The van der Waals surface area contributed by atoms with Gasteiger partial charge >= 0.3 is 0 Å². The van der Waals surface area contributed by atoms with Gasteiger partial charge in [0.2, 0.25) is 11.8 Å². The van der Waals surface area contributed by atoms with Crippen molar-refractivity contribution in [2.24, 2.45) is 11.5 Å². The summed E-state index contributed by atoms with van der Waals surface area (Å²) in [6, 6.07) is 38.2. The lowest BCUT2D eigenvalue weighted by Crippen LogP contribution is -2.45.